The highest BCUT2D eigenvalue weighted by Crippen LogP contribution is 2.39. The van der Waals surface area contributed by atoms with Crippen LogP contribution in [0.15, 0.2) is 66.7 Å². The molecule has 0 saturated heterocycles. The number of benzene rings is 3. The monoisotopic (exact) mass is 308 g/mol. The van der Waals surface area contributed by atoms with E-state index in [4.69, 9.17) is 4.74 Å². The molecule has 0 amide bonds. The molecule has 0 aliphatic heterocycles. The van der Waals surface area contributed by atoms with Crippen LogP contribution in [0.5, 0.6) is 23.0 Å². The van der Waals surface area contributed by atoms with Crippen LogP contribution < -0.4 is 4.74 Å². The van der Waals surface area contributed by atoms with Crippen LogP contribution in [0, 0.1) is 0 Å². The Kier molecular flexibility index (Phi) is 4.06. The van der Waals surface area contributed by atoms with Crippen molar-refractivity contribution < 1.29 is 20.1 Å². The molecule has 0 spiro atoms. The normalized spacial score (nSPS) is 10.4. The molecule has 0 aromatic heterocycles. The number of phenolic OH excluding ortho intramolecular Hbond substituents is 3. The topological polar surface area (TPSA) is 69.9 Å². The van der Waals surface area contributed by atoms with E-state index in [1.165, 1.54) is 24.3 Å². The molecule has 4 nitrogen and oxygen atoms in total. The fraction of sp³-hybridized carbons (Fsp3) is 0.0526. The molecule has 4 heteroatoms. The third-order valence-electron chi connectivity index (χ3n) is 3.49. The predicted molar refractivity (Wildman–Crippen MR) is 87.6 cm³/mol. The molecule has 0 saturated carbocycles. The fourth-order valence-corrected chi connectivity index (χ4v) is 2.30. The minimum absolute atomic E-state index is 0.00189. The number of hydrogen-bond acceptors (Lipinski definition) is 4. The molecular formula is C19H16O4. The van der Waals surface area contributed by atoms with Crippen molar-refractivity contribution in [2.24, 2.45) is 0 Å². The summed E-state index contributed by atoms with van der Waals surface area (Å²) in [7, 11) is 0. The van der Waals surface area contributed by atoms with Gasteiger partial charge < -0.3 is 20.1 Å². The molecule has 0 radical (unpaired) electrons. The average molecular weight is 308 g/mol. The molecule has 0 aliphatic rings. The molecule has 0 unspecified atom stereocenters. The van der Waals surface area contributed by atoms with Crippen LogP contribution >= 0.6 is 0 Å². The quantitative estimate of drug-likeness (QED) is 0.636. The third-order valence-corrected chi connectivity index (χ3v) is 3.49. The summed E-state index contributed by atoms with van der Waals surface area (Å²) >= 11 is 0. The molecule has 3 aromatic carbocycles. The van der Waals surface area contributed by atoms with Crippen molar-refractivity contribution in [1.82, 2.24) is 0 Å². The second-order valence-electron chi connectivity index (χ2n) is 5.15. The molecular weight excluding hydrogens is 292 g/mol. The zero-order valence-electron chi connectivity index (χ0n) is 12.3. The lowest BCUT2D eigenvalue weighted by Crippen LogP contribution is -1.95. The fourth-order valence-electron chi connectivity index (χ4n) is 2.30. The summed E-state index contributed by atoms with van der Waals surface area (Å²) in [6, 6.07) is 18.7. The van der Waals surface area contributed by atoms with Crippen molar-refractivity contribution in [3.63, 3.8) is 0 Å². The number of aromatic hydroxyl groups is 3. The van der Waals surface area contributed by atoms with Gasteiger partial charge >= 0.3 is 0 Å². The third kappa shape index (κ3) is 3.37. The molecule has 3 aromatic rings. The van der Waals surface area contributed by atoms with Crippen molar-refractivity contribution >= 4 is 0 Å². The van der Waals surface area contributed by atoms with Gasteiger partial charge in [-0.25, -0.2) is 0 Å². The predicted octanol–water partition coefficient (Wildman–Crippen LogP) is 4.05. The maximum atomic E-state index is 10.0. The van der Waals surface area contributed by atoms with Crippen LogP contribution in [0.1, 0.15) is 5.56 Å². The smallest absolute Gasteiger partial charge is 0.123 e. The van der Waals surface area contributed by atoms with Gasteiger partial charge in [0, 0.05) is 11.1 Å². The first-order valence-electron chi connectivity index (χ1n) is 7.15. The molecule has 0 fully saturated rings. The second-order valence-corrected chi connectivity index (χ2v) is 5.15. The molecule has 0 bridgehead atoms. The molecule has 0 heterocycles. The van der Waals surface area contributed by atoms with E-state index in [0.29, 0.717) is 23.5 Å². The zero-order valence-corrected chi connectivity index (χ0v) is 12.3. The van der Waals surface area contributed by atoms with Gasteiger partial charge in [-0.2, -0.15) is 0 Å². The summed E-state index contributed by atoms with van der Waals surface area (Å²) < 4.78 is 5.72. The molecule has 3 rings (SSSR count). The van der Waals surface area contributed by atoms with E-state index in [2.05, 4.69) is 0 Å². The Bertz CT molecular complexity index is 813. The largest absolute Gasteiger partial charge is 0.508 e. The minimum atomic E-state index is -0.0293. The zero-order chi connectivity index (χ0) is 16.2. The van der Waals surface area contributed by atoms with Crippen molar-refractivity contribution in [1.29, 1.82) is 0 Å². The Morgan fingerprint density at radius 2 is 1.35 bits per heavy atom. The van der Waals surface area contributed by atoms with Crippen LogP contribution in [-0.4, -0.2) is 15.3 Å². The van der Waals surface area contributed by atoms with Gasteiger partial charge in [0.15, 0.2) is 0 Å². The highest BCUT2D eigenvalue weighted by atomic mass is 16.5. The maximum absolute atomic E-state index is 10.0. The molecule has 23 heavy (non-hydrogen) atoms. The highest BCUT2D eigenvalue weighted by molar-refractivity contribution is 5.77. The van der Waals surface area contributed by atoms with E-state index < -0.39 is 0 Å². The number of rotatable bonds is 4. The van der Waals surface area contributed by atoms with E-state index in [-0.39, 0.29) is 17.2 Å². The van der Waals surface area contributed by atoms with E-state index in [1.807, 2.05) is 30.3 Å². The van der Waals surface area contributed by atoms with E-state index in [0.717, 1.165) is 5.56 Å². The highest BCUT2D eigenvalue weighted by Gasteiger charge is 2.11. The maximum Gasteiger partial charge on any atom is 0.123 e. The van der Waals surface area contributed by atoms with Crippen LogP contribution in [0.4, 0.5) is 0 Å². The van der Waals surface area contributed by atoms with Gasteiger partial charge in [0.1, 0.15) is 29.6 Å². The van der Waals surface area contributed by atoms with Crippen LogP contribution in [0.3, 0.4) is 0 Å². The summed E-state index contributed by atoms with van der Waals surface area (Å²) in [5.74, 6) is 0.536. The average Bonchev–Trinajstić information content (AvgIpc) is 2.57. The van der Waals surface area contributed by atoms with Gasteiger partial charge in [0.2, 0.25) is 0 Å². The van der Waals surface area contributed by atoms with Gasteiger partial charge in [0.05, 0.1) is 0 Å². The van der Waals surface area contributed by atoms with Gasteiger partial charge in [-0.1, -0.05) is 30.3 Å². The van der Waals surface area contributed by atoms with E-state index >= 15 is 0 Å². The Morgan fingerprint density at radius 3 is 2.09 bits per heavy atom. The Balaban J connectivity index is 1.89. The standard InChI is InChI=1S/C19H16O4/c20-14-6-8-18(21)16(10-14)17-11-15(7-9-19(17)22)23-12-13-4-2-1-3-5-13/h1-11,20-22H,12H2. The van der Waals surface area contributed by atoms with Crippen molar-refractivity contribution in [3.8, 4) is 34.1 Å². The lowest BCUT2D eigenvalue weighted by atomic mass is 10.0. The number of hydrogen-bond donors (Lipinski definition) is 3. The first-order chi connectivity index (χ1) is 11.1. The Labute approximate surface area is 133 Å². The number of phenols is 3. The Hall–Kier alpha value is -3.14. The van der Waals surface area contributed by atoms with Gasteiger partial charge in [0.25, 0.3) is 0 Å². The van der Waals surface area contributed by atoms with Gasteiger partial charge in [-0.15, -0.1) is 0 Å². The van der Waals surface area contributed by atoms with Crippen molar-refractivity contribution in [3.05, 3.63) is 72.3 Å². The SMILES string of the molecule is Oc1ccc(O)c(-c2cc(OCc3ccccc3)ccc2O)c1. The summed E-state index contributed by atoms with van der Waals surface area (Å²) in [4.78, 5) is 0. The van der Waals surface area contributed by atoms with Crippen molar-refractivity contribution in [2.75, 3.05) is 0 Å². The second kappa shape index (κ2) is 6.32. The summed E-state index contributed by atoms with van der Waals surface area (Å²) in [5, 5.41) is 29.6. The minimum Gasteiger partial charge on any atom is -0.508 e. The molecule has 116 valence electrons. The molecule has 3 N–H and O–H groups in total. The summed E-state index contributed by atoms with van der Waals surface area (Å²) in [5.41, 5.74) is 1.76. The van der Waals surface area contributed by atoms with Gasteiger partial charge in [-0.05, 0) is 42.0 Å². The summed E-state index contributed by atoms with van der Waals surface area (Å²) in [6.45, 7) is 0.400. The van der Waals surface area contributed by atoms with Crippen LogP contribution in [0.2, 0.25) is 0 Å². The van der Waals surface area contributed by atoms with Crippen LogP contribution in [-0.2, 0) is 6.61 Å². The lowest BCUT2D eigenvalue weighted by Gasteiger charge is -2.11. The van der Waals surface area contributed by atoms with Crippen molar-refractivity contribution in [2.45, 2.75) is 6.61 Å². The van der Waals surface area contributed by atoms with E-state index in [9.17, 15) is 15.3 Å². The van der Waals surface area contributed by atoms with Gasteiger partial charge in [-0.3, -0.25) is 0 Å². The molecule has 0 aliphatic carbocycles. The lowest BCUT2D eigenvalue weighted by molar-refractivity contribution is 0.306. The van der Waals surface area contributed by atoms with Crippen LogP contribution in [0.25, 0.3) is 11.1 Å². The first kappa shape index (κ1) is 14.8. The Morgan fingerprint density at radius 1 is 0.696 bits per heavy atom. The first-order valence-corrected chi connectivity index (χ1v) is 7.15. The van der Waals surface area contributed by atoms with E-state index in [1.54, 1.807) is 12.1 Å². The number of ether oxygens (including phenoxy) is 1. The summed E-state index contributed by atoms with van der Waals surface area (Å²) in [6.07, 6.45) is 0. The molecule has 0 atom stereocenters.